The number of hydrogen-bond donors (Lipinski definition) is 0. The quantitative estimate of drug-likeness (QED) is 0.751. The van der Waals surface area contributed by atoms with Crippen LogP contribution < -0.4 is 4.74 Å². The van der Waals surface area contributed by atoms with Gasteiger partial charge in [0.15, 0.2) is 0 Å². The molecule has 2 atom stereocenters. The zero-order chi connectivity index (χ0) is 14.2. The second-order valence-corrected chi connectivity index (χ2v) is 5.34. The second-order valence-electron chi connectivity index (χ2n) is 5.34. The van der Waals surface area contributed by atoms with Gasteiger partial charge in [0.05, 0.1) is 25.9 Å². The van der Waals surface area contributed by atoms with Gasteiger partial charge in [-0.2, -0.15) is 0 Å². The van der Waals surface area contributed by atoms with E-state index in [4.69, 9.17) is 14.2 Å². The van der Waals surface area contributed by atoms with Crippen LogP contribution in [0.3, 0.4) is 0 Å². The first-order valence-corrected chi connectivity index (χ1v) is 7.79. The van der Waals surface area contributed by atoms with E-state index in [0.717, 1.165) is 25.2 Å². The minimum Gasteiger partial charge on any atom is -0.494 e. The maximum atomic E-state index is 5.93. The van der Waals surface area contributed by atoms with Crippen molar-refractivity contribution in [3.63, 3.8) is 0 Å². The molecule has 20 heavy (non-hydrogen) atoms. The number of rotatable bonds is 7. The average Bonchev–Trinajstić information content (AvgIpc) is 2.52. The highest BCUT2D eigenvalue weighted by Gasteiger charge is 2.23. The van der Waals surface area contributed by atoms with Crippen molar-refractivity contribution >= 4 is 0 Å². The summed E-state index contributed by atoms with van der Waals surface area (Å²) < 4.78 is 17.4. The number of benzene rings is 1. The Hall–Kier alpha value is -1.06. The third kappa shape index (κ3) is 4.50. The predicted octanol–water partition coefficient (Wildman–Crippen LogP) is 4.12. The van der Waals surface area contributed by atoms with Crippen molar-refractivity contribution in [1.82, 2.24) is 0 Å². The maximum Gasteiger partial charge on any atom is 0.119 e. The summed E-state index contributed by atoms with van der Waals surface area (Å²) in [7, 11) is 0. The lowest BCUT2D eigenvalue weighted by Crippen LogP contribution is -2.31. The molecule has 0 N–H and O–H groups in total. The van der Waals surface area contributed by atoms with Crippen LogP contribution in [0.25, 0.3) is 0 Å². The molecule has 1 heterocycles. The molecule has 3 nitrogen and oxygen atoms in total. The first-order valence-electron chi connectivity index (χ1n) is 7.79. The van der Waals surface area contributed by atoms with Gasteiger partial charge >= 0.3 is 0 Å². The Morgan fingerprint density at radius 2 is 1.85 bits per heavy atom. The van der Waals surface area contributed by atoms with Crippen LogP contribution in [0.5, 0.6) is 5.75 Å². The lowest BCUT2D eigenvalue weighted by molar-refractivity contribution is -0.137. The van der Waals surface area contributed by atoms with E-state index >= 15 is 0 Å². The molecule has 0 radical (unpaired) electrons. The fourth-order valence-electron chi connectivity index (χ4n) is 2.33. The van der Waals surface area contributed by atoms with Crippen LogP contribution in [0, 0.1) is 0 Å². The first-order chi connectivity index (χ1) is 9.83. The molecule has 0 bridgehead atoms. The lowest BCUT2D eigenvalue weighted by atomic mass is 10.1. The molecule has 0 spiro atoms. The maximum absolute atomic E-state index is 5.93. The van der Waals surface area contributed by atoms with Gasteiger partial charge in [0, 0.05) is 0 Å². The molecule has 0 aliphatic carbocycles. The van der Waals surface area contributed by atoms with Gasteiger partial charge in [-0.25, -0.2) is 0 Å². The molecule has 1 saturated heterocycles. The summed E-state index contributed by atoms with van der Waals surface area (Å²) in [6, 6.07) is 8.17. The molecule has 1 aromatic rings. The molecule has 112 valence electrons. The molecule has 0 amide bonds. The van der Waals surface area contributed by atoms with E-state index in [1.54, 1.807) is 0 Å². The van der Waals surface area contributed by atoms with Gasteiger partial charge in [-0.05, 0) is 30.5 Å². The molecule has 1 aliphatic heterocycles. The summed E-state index contributed by atoms with van der Waals surface area (Å²) in [5.41, 5.74) is 1.17. The predicted molar refractivity (Wildman–Crippen MR) is 80.2 cm³/mol. The minimum atomic E-state index is 0.0631. The Kier molecular flexibility index (Phi) is 6.34. The summed E-state index contributed by atoms with van der Waals surface area (Å²) >= 11 is 0. The van der Waals surface area contributed by atoms with Crippen LogP contribution in [0.1, 0.15) is 51.2 Å². The molecular weight excluding hydrogens is 252 g/mol. The van der Waals surface area contributed by atoms with E-state index in [2.05, 4.69) is 26.0 Å². The minimum absolute atomic E-state index is 0.0631. The van der Waals surface area contributed by atoms with Crippen LogP contribution in [-0.2, 0) is 9.47 Å². The fraction of sp³-hybridized carbons (Fsp3) is 0.647. The van der Waals surface area contributed by atoms with E-state index in [0.29, 0.717) is 13.2 Å². The van der Waals surface area contributed by atoms with E-state index < -0.39 is 0 Å². The number of unbranched alkanes of at least 4 members (excludes halogenated alkanes) is 1. The monoisotopic (exact) mass is 278 g/mol. The van der Waals surface area contributed by atoms with Crippen LogP contribution in [0.15, 0.2) is 24.3 Å². The highest BCUT2D eigenvalue weighted by molar-refractivity contribution is 5.28. The zero-order valence-corrected chi connectivity index (χ0v) is 12.6. The van der Waals surface area contributed by atoms with Crippen molar-refractivity contribution in [2.75, 3.05) is 19.8 Å². The first kappa shape index (κ1) is 15.3. The fourth-order valence-corrected chi connectivity index (χ4v) is 2.33. The van der Waals surface area contributed by atoms with Crippen LogP contribution in [0.4, 0.5) is 0 Å². The van der Waals surface area contributed by atoms with Crippen LogP contribution in [0.2, 0.25) is 0 Å². The van der Waals surface area contributed by atoms with Crippen molar-refractivity contribution in [3.05, 3.63) is 29.8 Å². The lowest BCUT2D eigenvalue weighted by Gasteiger charge is -2.29. The molecule has 1 fully saturated rings. The third-order valence-corrected chi connectivity index (χ3v) is 3.57. The summed E-state index contributed by atoms with van der Waals surface area (Å²) in [6.45, 7) is 6.44. The molecule has 1 aromatic carbocycles. The largest absolute Gasteiger partial charge is 0.494 e. The molecule has 0 aromatic heterocycles. The van der Waals surface area contributed by atoms with Gasteiger partial charge in [0.2, 0.25) is 0 Å². The Labute approximate surface area is 122 Å². The Morgan fingerprint density at radius 1 is 1.05 bits per heavy atom. The molecule has 2 rings (SSSR count). The van der Waals surface area contributed by atoms with E-state index in [1.807, 2.05) is 12.1 Å². The highest BCUT2D eigenvalue weighted by atomic mass is 16.6. The van der Waals surface area contributed by atoms with E-state index in [-0.39, 0.29) is 12.2 Å². The molecular formula is C17H26O3. The number of ether oxygens (including phenoxy) is 3. The van der Waals surface area contributed by atoms with Gasteiger partial charge in [0.25, 0.3) is 0 Å². The van der Waals surface area contributed by atoms with Crippen molar-refractivity contribution in [3.8, 4) is 5.75 Å². The van der Waals surface area contributed by atoms with Gasteiger partial charge in [-0.15, -0.1) is 0 Å². The van der Waals surface area contributed by atoms with E-state index in [9.17, 15) is 0 Å². The molecule has 0 saturated carbocycles. The third-order valence-electron chi connectivity index (χ3n) is 3.57. The van der Waals surface area contributed by atoms with Crippen molar-refractivity contribution in [1.29, 1.82) is 0 Å². The Bertz CT molecular complexity index is 366. The van der Waals surface area contributed by atoms with Gasteiger partial charge in [0.1, 0.15) is 11.9 Å². The molecule has 3 heteroatoms. The van der Waals surface area contributed by atoms with E-state index in [1.165, 1.54) is 18.4 Å². The summed E-state index contributed by atoms with van der Waals surface area (Å²) in [5.74, 6) is 0.924. The Balaban J connectivity index is 1.81. The topological polar surface area (TPSA) is 27.7 Å². The standard InChI is InChI=1S/C17H26O3/c1-3-5-6-16-12-20-17(13-19-16)14-7-9-15(10-8-14)18-11-4-2/h7-10,16-17H,3-6,11-13H2,1-2H3/t16-,17-/m0/s1. The SMILES string of the molecule is CCCC[C@H]1CO[C@H](c2ccc(OCCC)cc2)CO1. The van der Waals surface area contributed by atoms with Crippen molar-refractivity contribution in [2.24, 2.45) is 0 Å². The van der Waals surface area contributed by atoms with Crippen LogP contribution in [-0.4, -0.2) is 25.9 Å². The second kappa shape index (κ2) is 8.28. The van der Waals surface area contributed by atoms with Gasteiger partial charge in [-0.1, -0.05) is 38.8 Å². The van der Waals surface area contributed by atoms with Crippen molar-refractivity contribution in [2.45, 2.75) is 51.7 Å². The van der Waals surface area contributed by atoms with Gasteiger partial charge in [-0.3, -0.25) is 0 Å². The normalized spacial score (nSPS) is 22.7. The van der Waals surface area contributed by atoms with Crippen molar-refractivity contribution < 1.29 is 14.2 Å². The van der Waals surface area contributed by atoms with Gasteiger partial charge < -0.3 is 14.2 Å². The molecule has 1 aliphatic rings. The summed E-state index contributed by atoms with van der Waals surface area (Å²) in [6.07, 6.45) is 4.89. The zero-order valence-electron chi connectivity index (χ0n) is 12.6. The summed E-state index contributed by atoms with van der Waals surface area (Å²) in [5, 5.41) is 0. The molecule has 0 unspecified atom stereocenters. The summed E-state index contributed by atoms with van der Waals surface area (Å²) in [4.78, 5) is 0. The number of hydrogen-bond acceptors (Lipinski definition) is 3. The van der Waals surface area contributed by atoms with Crippen LogP contribution >= 0.6 is 0 Å². The average molecular weight is 278 g/mol. The highest BCUT2D eigenvalue weighted by Crippen LogP contribution is 2.26. The Morgan fingerprint density at radius 3 is 2.45 bits per heavy atom. The smallest absolute Gasteiger partial charge is 0.119 e.